The minimum atomic E-state index is -4.90. The quantitative estimate of drug-likeness (QED) is 0.0313. The molecule has 8 N–H and O–H groups in total. The third kappa shape index (κ3) is 15.4. The molecule has 1 aliphatic rings. The van der Waals surface area contributed by atoms with E-state index in [0.717, 1.165) is 30.3 Å². The van der Waals surface area contributed by atoms with E-state index >= 15 is 0 Å². The number of ether oxygens (including phenoxy) is 2. The highest BCUT2D eigenvalue weighted by Crippen LogP contribution is 2.32. The van der Waals surface area contributed by atoms with Gasteiger partial charge in [-0.3, -0.25) is 14.5 Å². The number of nitrogens with zero attached hydrogens (tertiary/aromatic N) is 7. The molecular weight excluding hydrogens is 852 g/mol. The fraction of sp³-hybridized carbons (Fsp3) is 0.667. The number of carbonyl (C=O) groups is 2. The lowest BCUT2D eigenvalue weighted by Crippen LogP contribution is -2.49. The van der Waals surface area contributed by atoms with Crippen LogP contribution in [0.4, 0.5) is 26.3 Å². The molecule has 1 aromatic carbocycles. The summed E-state index contributed by atoms with van der Waals surface area (Å²) in [7, 11) is 0. The van der Waals surface area contributed by atoms with Crippen LogP contribution in [0.15, 0.2) is 18.3 Å². The van der Waals surface area contributed by atoms with Crippen LogP contribution < -0.4 is 11.1 Å². The summed E-state index contributed by atoms with van der Waals surface area (Å²) in [6.45, 7) is 1.90. The van der Waals surface area contributed by atoms with E-state index in [-0.39, 0.29) is 76.8 Å². The standard InChI is InChI=1S/C39H57F6N9O9/c1-2-3-4-5-7-51(22-31(56)35(59)36(60)32(57)23-55)19-26-20-53(50-49-26)10-12-63-14-13-62-11-6-47-37(61)34-30-21-52(8-9-54(30)38(48-34)39(43,44)45)33(58)17-25(46)15-24-16-28(41)29(42)18-27(24)40/h16,18,20,25,31-32,35-36,55-57,59-60H,2-15,17,19,21-23,46H2,1H3,(H,47,61)/t25-,31?,32?,35?,36?/m1/s1. The van der Waals surface area contributed by atoms with Gasteiger partial charge in [-0.2, -0.15) is 13.2 Å². The van der Waals surface area contributed by atoms with Crippen molar-refractivity contribution in [1.82, 2.24) is 39.7 Å². The molecule has 0 saturated heterocycles. The van der Waals surface area contributed by atoms with Gasteiger partial charge in [-0.15, -0.1) is 5.10 Å². The SMILES string of the molecule is CCCCCCN(Cc1cn(CCOCCOCCNC(=O)c2nc(C(F)(F)F)n3c2CN(C(=O)C[C@H](N)Cc2cc(F)c(F)cc2F)CC3)nn1)CC(O)C(O)C(O)C(O)CO. The van der Waals surface area contributed by atoms with Crippen molar-refractivity contribution < 1.29 is 70.9 Å². The van der Waals surface area contributed by atoms with Crippen molar-refractivity contribution in [1.29, 1.82) is 0 Å². The van der Waals surface area contributed by atoms with E-state index in [1.165, 1.54) is 4.90 Å². The first-order chi connectivity index (χ1) is 29.9. The first-order valence-electron chi connectivity index (χ1n) is 20.6. The van der Waals surface area contributed by atoms with Crippen LogP contribution in [0, 0.1) is 17.5 Å². The van der Waals surface area contributed by atoms with Gasteiger partial charge in [0.15, 0.2) is 17.3 Å². The summed E-state index contributed by atoms with van der Waals surface area (Å²) in [4.78, 5) is 32.7. The Morgan fingerprint density at radius 3 is 2.35 bits per heavy atom. The highest BCUT2D eigenvalue weighted by atomic mass is 19.4. The van der Waals surface area contributed by atoms with Crippen molar-refractivity contribution in [2.45, 2.75) is 108 Å². The third-order valence-corrected chi connectivity index (χ3v) is 10.3. The minimum Gasteiger partial charge on any atom is -0.394 e. The lowest BCUT2D eigenvalue weighted by molar-refractivity contribution is -0.148. The van der Waals surface area contributed by atoms with Gasteiger partial charge in [0.05, 0.1) is 63.6 Å². The number of aliphatic hydroxyl groups excluding tert-OH is 5. The zero-order chi connectivity index (χ0) is 46.3. The lowest BCUT2D eigenvalue weighted by atomic mass is 10.0. The van der Waals surface area contributed by atoms with Crippen molar-refractivity contribution in [2.75, 3.05) is 59.2 Å². The molecule has 2 aromatic heterocycles. The molecule has 0 radical (unpaired) electrons. The topological polar surface area (TPSA) is 247 Å². The Morgan fingerprint density at radius 2 is 1.65 bits per heavy atom. The Balaban J connectivity index is 1.19. The Hall–Kier alpha value is -4.27. The number of rotatable bonds is 27. The first-order valence-corrected chi connectivity index (χ1v) is 20.6. The monoisotopic (exact) mass is 909 g/mol. The number of aromatic nitrogens is 5. The zero-order valence-corrected chi connectivity index (χ0v) is 34.9. The summed E-state index contributed by atoms with van der Waals surface area (Å²) >= 11 is 0. The Labute approximate surface area is 359 Å². The molecule has 0 bridgehead atoms. The first kappa shape index (κ1) is 51.4. The molecule has 5 atom stereocenters. The number of nitrogens with two attached hydrogens (primary N) is 1. The van der Waals surface area contributed by atoms with Crippen molar-refractivity contribution >= 4 is 11.8 Å². The number of unbranched alkanes of at least 4 members (excludes halogenated alkanes) is 3. The van der Waals surface area contributed by atoms with E-state index < -0.39 is 97.0 Å². The van der Waals surface area contributed by atoms with E-state index in [4.69, 9.17) is 20.3 Å². The molecule has 4 rings (SSSR count). The van der Waals surface area contributed by atoms with Crippen LogP contribution in [0.1, 0.15) is 72.3 Å². The summed E-state index contributed by atoms with van der Waals surface area (Å²) in [6.07, 6.45) is -6.57. The maximum absolute atomic E-state index is 14.1. The van der Waals surface area contributed by atoms with E-state index in [9.17, 15) is 56.4 Å². The van der Waals surface area contributed by atoms with Gasteiger partial charge in [0.25, 0.3) is 5.91 Å². The molecule has 1 aliphatic heterocycles. The number of nitrogens with one attached hydrogen (secondary N) is 1. The van der Waals surface area contributed by atoms with Gasteiger partial charge in [-0.25, -0.2) is 22.8 Å². The van der Waals surface area contributed by atoms with Gasteiger partial charge >= 0.3 is 6.18 Å². The molecule has 3 heterocycles. The molecule has 2 amide bonds. The van der Waals surface area contributed by atoms with Crippen LogP contribution >= 0.6 is 0 Å². The van der Waals surface area contributed by atoms with E-state index in [1.807, 2.05) is 4.90 Å². The highest BCUT2D eigenvalue weighted by molar-refractivity contribution is 5.93. The number of hydrogen-bond donors (Lipinski definition) is 7. The second kappa shape index (κ2) is 24.7. The number of amides is 2. The third-order valence-electron chi connectivity index (χ3n) is 10.3. The van der Waals surface area contributed by atoms with E-state index in [0.29, 0.717) is 30.9 Å². The number of alkyl halides is 3. The van der Waals surface area contributed by atoms with Crippen LogP contribution in [-0.4, -0.2) is 161 Å². The predicted molar refractivity (Wildman–Crippen MR) is 210 cm³/mol. The molecule has 0 spiro atoms. The summed E-state index contributed by atoms with van der Waals surface area (Å²) in [5.41, 5.74) is 5.63. The van der Waals surface area contributed by atoms with E-state index in [2.05, 4.69) is 27.5 Å². The number of carbonyl (C=O) groups excluding carboxylic acids is 2. The molecule has 4 unspecified atom stereocenters. The molecule has 63 heavy (non-hydrogen) atoms. The number of imidazole rings is 1. The molecule has 0 fully saturated rings. The van der Waals surface area contributed by atoms with Gasteiger partial charge in [0, 0.05) is 57.4 Å². The lowest BCUT2D eigenvalue weighted by Gasteiger charge is -2.30. The average Bonchev–Trinajstić information content (AvgIpc) is 3.87. The zero-order valence-electron chi connectivity index (χ0n) is 34.9. The minimum absolute atomic E-state index is 0.0214. The number of halogens is 6. The molecule has 354 valence electrons. The van der Waals surface area contributed by atoms with Crippen LogP contribution in [0.2, 0.25) is 0 Å². The van der Waals surface area contributed by atoms with Crippen molar-refractivity contribution in [3.8, 4) is 0 Å². The maximum atomic E-state index is 14.1. The fourth-order valence-electron chi connectivity index (χ4n) is 6.89. The molecule has 18 nitrogen and oxygen atoms in total. The molecule has 3 aromatic rings. The Bertz CT molecular complexity index is 1910. The number of hydrogen-bond acceptors (Lipinski definition) is 14. The van der Waals surface area contributed by atoms with Crippen molar-refractivity contribution in [2.24, 2.45) is 5.73 Å². The van der Waals surface area contributed by atoms with Crippen LogP contribution in [0.25, 0.3) is 0 Å². The highest BCUT2D eigenvalue weighted by Gasteiger charge is 2.42. The molecular formula is C39H57F6N9O9. The molecule has 0 saturated carbocycles. The smallest absolute Gasteiger partial charge is 0.394 e. The average molecular weight is 910 g/mol. The van der Waals surface area contributed by atoms with Crippen LogP contribution in [0.3, 0.4) is 0 Å². The van der Waals surface area contributed by atoms with Gasteiger partial charge in [0.1, 0.15) is 24.1 Å². The van der Waals surface area contributed by atoms with Gasteiger partial charge in [-0.05, 0) is 31.0 Å². The van der Waals surface area contributed by atoms with Crippen LogP contribution in [0.5, 0.6) is 0 Å². The summed E-state index contributed by atoms with van der Waals surface area (Å²) in [5, 5.41) is 60.3. The van der Waals surface area contributed by atoms with E-state index in [1.54, 1.807) is 10.9 Å². The Morgan fingerprint density at radius 1 is 0.952 bits per heavy atom. The summed E-state index contributed by atoms with van der Waals surface area (Å²) < 4.78 is 96.2. The summed E-state index contributed by atoms with van der Waals surface area (Å²) in [5.74, 6) is -6.56. The van der Waals surface area contributed by atoms with Crippen molar-refractivity contribution in [3.05, 3.63) is 64.3 Å². The largest absolute Gasteiger partial charge is 0.449 e. The predicted octanol–water partition coefficient (Wildman–Crippen LogP) is 0.494. The van der Waals surface area contributed by atoms with Gasteiger partial charge in [0.2, 0.25) is 11.7 Å². The molecule has 0 aliphatic carbocycles. The number of fused-ring (bicyclic) bond motifs is 1. The number of aliphatic hydroxyl groups is 5. The molecule has 24 heteroatoms. The second-order valence-corrected chi connectivity index (χ2v) is 15.3. The fourth-order valence-corrected chi connectivity index (χ4v) is 6.89. The number of benzene rings is 1. The second-order valence-electron chi connectivity index (χ2n) is 15.3. The maximum Gasteiger partial charge on any atom is 0.449 e. The Kier molecular flexibility index (Phi) is 20.1. The van der Waals surface area contributed by atoms with Crippen LogP contribution in [-0.2, 0) is 53.0 Å². The van der Waals surface area contributed by atoms with Crippen molar-refractivity contribution in [3.63, 3.8) is 0 Å². The summed E-state index contributed by atoms with van der Waals surface area (Å²) in [6, 6.07) is -0.0328. The van der Waals surface area contributed by atoms with Gasteiger partial charge < -0.3 is 55.5 Å². The normalized spacial score (nSPS) is 15.6. The van der Waals surface area contributed by atoms with Gasteiger partial charge in [-0.1, -0.05) is 31.4 Å².